The summed E-state index contributed by atoms with van der Waals surface area (Å²) in [5.74, 6) is -0.789. The molecular weight excluding hydrogens is 206 g/mol. The first-order valence-corrected chi connectivity index (χ1v) is 6.04. The zero-order chi connectivity index (χ0) is 11.9. The van der Waals surface area contributed by atoms with Gasteiger partial charge in [-0.2, -0.15) is 0 Å². The summed E-state index contributed by atoms with van der Waals surface area (Å²) in [6.45, 7) is 4.82. The normalized spacial score (nSPS) is 27.9. The van der Waals surface area contributed by atoms with Gasteiger partial charge in [0, 0.05) is 12.6 Å². The summed E-state index contributed by atoms with van der Waals surface area (Å²) in [6.07, 6.45) is 2.95. The number of carboxylic acid groups (broad SMARTS) is 1. The molecule has 2 saturated carbocycles. The van der Waals surface area contributed by atoms with Crippen LogP contribution >= 0.6 is 0 Å². The molecule has 0 heterocycles. The molecule has 2 rings (SSSR count). The largest absolute Gasteiger partial charge is 0.481 e. The SMILES string of the molecule is CC(C)N(CC1CC1)C(=O)C1CC1C(=O)O. The Kier molecular flexibility index (Phi) is 2.91. The van der Waals surface area contributed by atoms with Gasteiger partial charge in [0.15, 0.2) is 0 Å². The number of amides is 1. The predicted octanol–water partition coefficient (Wildman–Crippen LogP) is 1.35. The lowest BCUT2D eigenvalue weighted by molar-refractivity contribution is -0.142. The highest BCUT2D eigenvalue weighted by atomic mass is 16.4. The van der Waals surface area contributed by atoms with Crippen molar-refractivity contribution in [2.45, 2.75) is 39.2 Å². The third kappa shape index (κ3) is 2.36. The summed E-state index contributed by atoms with van der Waals surface area (Å²) >= 11 is 0. The van der Waals surface area contributed by atoms with Gasteiger partial charge < -0.3 is 10.0 Å². The van der Waals surface area contributed by atoms with Crippen molar-refractivity contribution in [3.05, 3.63) is 0 Å². The molecule has 2 atom stereocenters. The average molecular weight is 225 g/mol. The van der Waals surface area contributed by atoms with E-state index in [9.17, 15) is 9.59 Å². The van der Waals surface area contributed by atoms with Gasteiger partial charge in [0.1, 0.15) is 0 Å². The molecule has 0 aromatic heterocycles. The molecule has 0 aliphatic heterocycles. The fourth-order valence-electron chi connectivity index (χ4n) is 2.09. The van der Waals surface area contributed by atoms with E-state index >= 15 is 0 Å². The standard InChI is InChI=1S/C12H19NO3/c1-7(2)13(6-8-3-4-8)11(14)9-5-10(9)12(15)16/h7-10H,3-6H2,1-2H3,(H,15,16). The Labute approximate surface area is 95.6 Å². The maximum Gasteiger partial charge on any atom is 0.307 e. The Morgan fingerprint density at radius 2 is 1.94 bits per heavy atom. The molecular formula is C12H19NO3. The van der Waals surface area contributed by atoms with Crippen LogP contribution in [0.5, 0.6) is 0 Å². The second kappa shape index (κ2) is 4.07. The zero-order valence-corrected chi connectivity index (χ0v) is 9.85. The lowest BCUT2D eigenvalue weighted by atomic mass is 10.2. The highest BCUT2D eigenvalue weighted by Gasteiger charge is 2.50. The summed E-state index contributed by atoms with van der Waals surface area (Å²) in [5, 5.41) is 8.82. The van der Waals surface area contributed by atoms with Gasteiger partial charge >= 0.3 is 5.97 Å². The Morgan fingerprint density at radius 1 is 1.31 bits per heavy atom. The second-order valence-electron chi connectivity index (χ2n) is 5.31. The minimum Gasteiger partial charge on any atom is -0.481 e. The quantitative estimate of drug-likeness (QED) is 0.768. The molecule has 2 fully saturated rings. The lowest BCUT2D eigenvalue weighted by Crippen LogP contribution is -2.40. The van der Waals surface area contributed by atoms with E-state index < -0.39 is 11.9 Å². The van der Waals surface area contributed by atoms with E-state index in [0.717, 1.165) is 6.54 Å². The number of rotatable bonds is 5. The van der Waals surface area contributed by atoms with E-state index in [1.54, 1.807) is 0 Å². The molecule has 2 unspecified atom stereocenters. The van der Waals surface area contributed by atoms with Crippen molar-refractivity contribution in [2.24, 2.45) is 17.8 Å². The Bertz CT molecular complexity index is 309. The predicted molar refractivity (Wildman–Crippen MR) is 58.8 cm³/mol. The van der Waals surface area contributed by atoms with Gasteiger partial charge in [0.25, 0.3) is 0 Å². The van der Waals surface area contributed by atoms with Crippen molar-refractivity contribution in [3.63, 3.8) is 0 Å². The zero-order valence-electron chi connectivity index (χ0n) is 9.85. The number of hydrogen-bond acceptors (Lipinski definition) is 2. The van der Waals surface area contributed by atoms with Crippen LogP contribution in [0.4, 0.5) is 0 Å². The molecule has 0 spiro atoms. The second-order valence-corrected chi connectivity index (χ2v) is 5.31. The third-order valence-corrected chi connectivity index (χ3v) is 3.48. The minimum absolute atomic E-state index is 0.0503. The molecule has 16 heavy (non-hydrogen) atoms. The molecule has 2 aliphatic carbocycles. The van der Waals surface area contributed by atoms with E-state index in [4.69, 9.17) is 5.11 Å². The molecule has 4 heteroatoms. The topological polar surface area (TPSA) is 57.6 Å². The van der Waals surface area contributed by atoms with Gasteiger partial charge in [-0.3, -0.25) is 9.59 Å². The first-order valence-electron chi connectivity index (χ1n) is 6.04. The van der Waals surface area contributed by atoms with Crippen molar-refractivity contribution >= 4 is 11.9 Å². The van der Waals surface area contributed by atoms with Crippen LogP contribution < -0.4 is 0 Å². The molecule has 0 aromatic rings. The van der Waals surface area contributed by atoms with Crippen LogP contribution in [0.25, 0.3) is 0 Å². The molecule has 90 valence electrons. The number of aliphatic carboxylic acids is 1. The number of nitrogens with zero attached hydrogens (tertiary/aromatic N) is 1. The van der Waals surface area contributed by atoms with E-state index in [1.807, 2.05) is 18.7 Å². The lowest BCUT2D eigenvalue weighted by Gasteiger charge is -2.27. The highest BCUT2D eigenvalue weighted by molar-refractivity contribution is 5.89. The van der Waals surface area contributed by atoms with Crippen molar-refractivity contribution < 1.29 is 14.7 Å². The van der Waals surface area contributed by atoms with Crippen LogP contribution in [-0.2, 0) is 9.59 Å². The molecule has 2 aliphatic rings. The molecule has 1 amide bonds. The Balaban J connectivity index is 1.92. The maximum atomic E-state index is 12.1. The highest BCUT2D eigenvalue weighted by Crippen LogP contribution is 2.41. The minimum atomic E-state index is -0.825. The van der Waals surface area contributed by atoms with Crippen molar-refractivity contribution in [3.8, 4) is 0 Å². The van der Waals surface area contributed by atoms with E-state index in [2.05, 4.69) is 0 Å². The monoisotopic (exact) mass is 225 g/mol. The van der Waals surface area contributed by atoms with Crippen molar-refractivity contribution in [2.75, 3.05) is 6.54 Å². The van der Waals surface area contributed by atoms with Gasteiger partial charge in [0.05, 0.1) is 11.8 Å². The van der Waals surface area contributed by atoms with Crippen LogP contribution in [-0.4, -0.2) is 34.5 Å². The van der Waals surface area contributed by atoms with Crippen LogP contribution in [0.3, 0.4) is 0 Å². The summed E-state index contributed by atoms with van der Waals surface area (Å²) in [6, 6.07) is 0.183. The number of carbonyl (C=O) groups is 2. The fourth-order valence-corrected chi connectivity index (χ4v) is 2.09. The van der Waals surface area contributed by atoms with Crippen molar-refractivity contribution in [1.29, 1.82) is 0 Å². The smallest absolute Gasteiger partial charge is 0.307 e. The van der Waals surface area contributed by atoms with Crippen LogP contribution in [0.2, 0.25) is 0 Å². The summed E-state index contributed by atoms with van der Waals surface area (Å²) in [5.41, 5.74) is 0. The molecule has 0 aromatic carbocycles. The Morgan fingerprint density at radius 3 is 2.31 bits per heavy atom. The van der Waals surface area contributed by atoms with Gasteiger partial charge in [0.2, 0.25) is 5.91 Å². The molecule has 4 nitrogen and oxygen atoms in total. The average Bonchev–Trinajstić information content (AvgIpc) is 3.05. The molecule has 0 bridgehead atoms. The Hall–Kier alpha value is -1.06. The first-order chi connectivity index (χ1) is 7.50. The summed E-state index contributed by atoms with van der Waals surface area (Å²) in [4.78, 5) is 24.7. The summed E-state index contributed by atoms with van der Waals surface area (Å²) < 4.78 is 0. The number of hydrogen-bond donors (Lipinski definition) is 1. The van der Waals surface area contributed by atoms with Gasteiger partial charge in [-0.25, -0.2) is 0 Å². The van der Waals surface area contributed by atoms with Crippen LogP contribution in [0.1, 0.15) is 33.1 Å². The van der Waals surface area contributed by atoms with Crippen molar-refractivity contribution in [1.82, 2.24) is 4.90 Å². The van der Waals surface area contributed by atoms with Gasteiger partial charge in [-0.15, -0.1) is 0 Å². The number of carboxylic acids is 1. The molecule has 0 saturated heterocycles. The maximum absolute atomic E-state index is 12.1. The van der Waals surface area contributed by atoms with Gasteiger partial charge in [-0.05, 0) is 39.0 Å². The number of carbonyl (C=O) groups excluding carboxylic acids is 1. The van der Waals surface area contributed by atoms with Gasteiger partial charge in [-0.1, -0.05) is 0 Å². The summed E-state index contributed by atoms with van der Waals surface area (Å²) in [7, 11) is 0. The molecule has 1 N–H and O–H groups in total. The van der Waals surface area contributed by atoms with E-state index in [0.29, 0.717) is 12.3 Å². The fraction of sp³-hybridized carbons (Fsp3) is 0.833. The third-order valence-electron chi connectivity index (χ3n) is 3.48. The van der Waals surface area contributed by atoms with E-state index in [-0.39, 0.29) is 17.9 Å². The van der Waals surface area contributed by atoms with Crippen LogP contribution in [0, 0.1) is 17.8 Å². The first kappa shape index (κ1) is 11.4. The van der Waals surface area contributed by atoms with E-state index in [1.165, 1.54) is 12.8 Å². The van der Waals surface area contributed by atoms with Crippen LogP contribution in [0.15, 0.2) is 0 Å². The molecule has 0 radical (unpaired) electrons.